The monoisotopic (exact) mass is 443 g/mol. The van der Waals surface area contributed by atoms with Crippen LogP contribution in [0.5, 0.6) is 5.75 Å². The molecule has 0 aromatic heterocycles. The number of hydrogen-bond acceptors (Lipinski definition) is 4. The van der Waals surface area contributed by atoms with Crippen molar-refractivity contribution in [3.05, 3.63) is 64.1 Å². The number of rotatable bonds is 6. The first kappa shape index (κ1) is 20.4. The number of nitrogens with one attached hydrogen (secondary N) is 1. The molecule has 1 amide bonds. The molecule has 28 heavy (non-hydrogen) atoms. The quantitative estimate of drug-likeness (QED) is 0.693. The lowest BCUT2D eigenvalue weighted by atomic mass is 10.1. The van der Waals surface area contributed by atoms with Crippen molar-refractivity contribution in [2.45, 2.75) is 6.54 Å². The number of carbonyl (C=O) groups is 1. The number of nitrogens with zero attached hydrogens (tertiary/aromatic N) is 2. The Balaban J connectivity index is 1.63. The van der Waals surface area contributed by atoms with E-state index >= 15 is 0 Å². The van der Waals surface area contributed by atoms with E-state index in [-0.39, 0.29) is 5.91 Å². The van der Waals surface area contributed by atoms with E-state index in [1.54, 1.807) is 19.3 Å². The molecule has 1 aliphatic heterocycles. The minimum absolute atomic E-state index is 0.129. The number of para-hydroxylation sites is 1. The molecule has 0 atom stereocenters. The fourth-order valence-corrected chi connectivity index (χ4v) is 3.64. The first-order chi connectivity index (χ1) is 13.6. The van der Waals surface area contributed by atoms with Crippen LogP contribution in [0.2, 0.25) is 0 Å². The van der Waals surface area contributed by atoms with E-state index < -0.39 is 0 Å². The predicted octanol–water partition coefficient (Wildman–Crippen LogP) is 3.54. The lowest BCUT2D eigenvalue weighted by Crippen LogP contribution is -2.45. The highest BCUT2D eigenvalue weighted by atomic mass is 79.9. The SMILES string of the molecule is COc1ccc(Br)cc1/C=C/C(=O)NCc1ccccc1N1CCN(C)CC1. The molecular weight excluding hydrogens is 418 g/mol. The smallest absolute Gasteiger partial charge is 0.244 e. The van der Waals surface area contributed by atoms with Crippen molar-refractivity contribution in [1.29, 1.82) is 0 Å². The second-order valence-electron chi connectivity index (χ2n) is 6.86. The van der Waals surface area contributed by atoms with Gasteiger partial charge in [-0.2, -0.15) is 0 Å². The van der Waals surface area contributed by atoms with E-state index in [1.807, 2.05) is 24.3 Å². The third-order valence-electron chi connectivity index (χ3n) is 4.89. The molecule has 6 heteroatoms. The molecule has 2 aromatic carbocycles. The summed E-state index contributed by atoms with van der Waals surface area (Å²) in [4.78, 5) is 17.1. The van der Waals surface area contributed by atoms with Crippen molar-refractivity contribution >= 4 is 33.6 Å². The number of halogens is 1. The average molecular weight is 444 g/mol. The van der Waals surface area contributed by atoms with E-state index in [4.69, 9.17) is 4.74 Å². The maximum absolute atomic E-state index is 12.3. The summed E-state index contributed by atoms with van der Waals surface area (Å²) in [6.07, 6.45) is 3.31. The summed E-state index contributed by atoms with van der Waals surface area (Å²) < 4.78 is 6.28. The molecular formula is C22H26BrN3O2. The Hall–Kier alpha value is -2.31. The zero-order valence-corrected chi connectivity index (χ0v) is 17.9. The van der Waals surface area contributed by atoms with Crippen molar-refractivity contribution in [2.75, 3.05) is 45.2 Å². The summed E-state index contributed by atoms with van der Waals surface area (Å²) in [6.45, 7) is 4.62. The van der Waals surface area contributed by atoms with Gasteiger partial charge >= 0.3 is 0 Å². The maximum Gasteiger partial charge on any atom is 0.244 e. The van der Waals surface area contributed by atoms with Crippen molar-refractivity contribution in [1.82, 2.24) is 10.2 Å². The highest BCUT2D eigenvalue weighted by molar-refractivity contribution is 9.10. The summed E-state index contributed by atoms with van der Waals surface area (Å²) >= 11 is 3.45. The summed E-state index contributed by atoms with van der Waals surface area (Å²) in [6, 6.07) is 14.0. The van der Waals surface area contributed by atoms with Gasteiger partial charge in [-0.25, -0.2) is 0 Å². The minimum atomic E-state index is -0.129. The number of ether oxygens (including phenoxy) is 1. The lowest BCUT2D eigenvalue weighted by molar-refractivity contribution is -0.116. The minimum Gasteiger partial charge on any atom is -0.496 e. The van der Waals surface area contributed by atoms with E-state index in [0.717, 1.165) is 47.5 Å². The zero-order valence-electron chi connectivity index (χ0n) is 16.3. The van der Waals surface area contributed by atoms with E-state index in [0.29, 0.717) is 6.54 Å². The van der Waals surface area contributed by atoms with E-state index in [9.17, 15) is 4.79 Å². The van der Waals surface area contributed by atoms with Crippen LogP contribution >= 0.6 is 15.9 Å². The van der Waals surface area contributed by atoms with Crippen molar-refractivity contribution in [3.8, 4) is 5.75 Å². The Bertz CT molecular complexity index is 845. The van der Waals surface area contributed by atoms with Crippen molar-refractivity contribution in [3.63, 3.8) is 0 Å². The fourth-order valence-electron chi connectivity index (χ4n) is 3.26. The molecule has 1 aliphatic rings. The molecule has 1 fully saturated rings. The van der Waals surface area contributed by atoms with Gasteiger partial charge in [-0.1, -0.05) is 34.1 Å². The topological polar surface area (TPSA) is 44.8 Å². The third-order valence-corrected chi connectivity index (χ3v) is 5.39. The standard InChI is InChI=1S/C22H26BrN3O2/c1-25-11-13-26(14-12-25)20-6-4-3-5-18(20)16-24-22(27)10-7-17-15-19(23)8-9-21(17)28-2/h3-10,15H,11-14,16H2,1-2H3,(H,24,27)/b10-7+. The Morgan fingerprint density at radius 3 is 2.68 bits per heavy atom. The average Bonchev–Trinajstić information content (AvgIpc) is 2.71. The van der Waals surface area contributed by atoms with Crippen LogP contribution in [0.4, 0.5) is 5.69 Å². The summed E-state index contributed by atoms with van der Waals surface area (Å²) in [5.41, 5.74) is 3.19. The van der Waals surface area contributed by atoms with Gasteiger partial charge in [-0.3, -0.25) is 4.79 Å². The molecule has 1 heterocycles. The van der Waals surface area contributed by atoms with Gasteiger partial charge in [0.15, 0.2) is 0 Å². The Morgan fingerprint density at radius 1 is 1.18 bits per heavy atom. The Labute approximate surface area is 175 Å². The number of hydrogen-bond donors (Lipinski definition) is 1. The molecule has 148 valence electrons. The number of amides is 1. The molecule has 5 nitrogen and oxygen atoms in total. The largest absolute Gasteiger partial charge is 0.496 e. The molecule has 0 aliphatic carbocycles. The van der Waals surface area contributed by atoms with Crippen LogP contribution in [-0.4, -0.2) is 51.1 Å². The molecule has 0 spiro atoms. The molecule has 0 unspecified atom stereocenters. The normalized spacial score (nSPS) is 15.0. The number of benzene rings is 2. The molecule has 0 saturated carbocycles. The van der Waals surface area contributed by atoms with Gasteiger partial charge < -0.3 is 19.9 Å². The van der Waals surface area contributed by atoms with Crippen LogP contribution in [-0.2, 0) is 11.3 Å². The number of piperazine rings is 1. The van der Waals surface area contributed by atoms with Crippen molar-refractivity contribution in [2.24, 2.45) is 0 Å². The van der Waals surface area contributed by atoms with Crippen LogP contribution in [0.1, 0.15) is 11.1 Å². The molecule has 1 N–H and O–H groups in total. The Kier molecular flexibility index (Phi) is 7.12. The van der Waals surface area contributed by atoms with Gasteiger partial charge in [0.05, 0.1) is 7.11 Å². The first-order valence-corrected chi connectivity index (χ1v) is 10.2. The van der Waals surface area contributed by atoms with Crippen molar-refractivity contribution < 1.29 is 9.53 Å². The van der Waals surface area contributed by atoms with Gasteiger partial charge in [-0.05, 0) is 43.0 Å². The predicted molar refractivity (Wildman–Crippen MR) is 118 cm³/mol. The van der Waals surface area contributed by atoms with Crippen LogP contribution in [0.3, 0.4) is 0 Å². The number of likely N-dealkylation sites (N-methyl/N-ethyl adjacent to an activating group) is 1. The Morgan fingerprint density at radius 2 is 1.93 bits per heavy atom. The molecule has 1 saturated heterocycles. The van der Waals surface area contributed by atoms with E-state index in [2.05, 4.69) is 56.3 Å². The van der Waals surface area contributed by atoms with Crippen LogP contribution in [0.25, 0.3) is 6.08 Å². The number of carbonyl (C=O) groups excluding carboxylic acids is 1. The lowest BCUT2D eigenvalue weighted by Gasteiger charge is -2.35. The number of methoxy groups -OCH3 is 1. The highest BCUT2D eigenvalue weighted by Gasteiger charge is 2.16. The fraction of sp³-hybridized carbons (Fsp3) is 0.318. The van der Waals surface area contributed by atoms with Gasteiger partial charge in [-0.15, -0.1) is 0 Å². The second-order valence-corrected chi connectivity index (χ2v) is 7.77. The highest BCUT2D eigenvalue weighted by Crippen LogP contribution is 2.24. The zero-order chi connectivity index (χ0) is 19.9. The maximum atomic E-state index is 12.3. The third kappa shape index (κ3) is 5.36. The number of anilines is 1. The summed E-state index contributed by atoms with van der Waals surface area (Å²) in [5.74, 6) is 0.600. The second kappa shape index (κ2) is 9.75. The summed E-state index contributed by atoms with van der Waals surface area (Å²) in [7, 11) is 3.77. The van der Waals surface area contributed by atoms with Crippen LogP contribution < -0.4 is 15.0 Å². The van der Waals surface area contributed by atoms with E-state index in [1.165, 1.54) is 5.69 Å². The van der Waals surface area contributed by atoms with Gasteiger partial charge in [0, 0.05) is 54.5 Å². The molecule has 0 radical (unpaired) electrons. The van der Waals surface area contributed by atoms with Gasteiger partial charge in [0.1, 0.15) is 5.75 Å². The van der Waals surface area contributed by atoms with Gasteiger partial charge in [0.2, 0.25) is 5.91 Å². The van der Waals surface area contributed by atoms with Crippen LogP contribution in [0.15, 0.2) is 53.0 Å². The van der Waals surface area contributed by atoms with Crippen LogP contribution in [0, 0.1) is 0 Å². The van der Waals surface area contributed by atoms with Gasteiger partial charge in [0.25, 0.3) is 0 Å². The molecule has 2 aromatic rings. The molecule has 3 rings (SSSR count). The first-order valence-electron chi connectivity index (χ1n) is 9.37. The molecule has 0 bridgehead atoms. The summed E-state index contributed by atoms with van der Waals surface area (Å²) in [5, 5.41) is 2.99.